The summed E-state index contributed by atoms with van der Waals surface area (Å²) in [6.45, 7) is 0.444. The Balaban J connectivity index is 2.42. The summed E-state index contributed by atoms with van der Waals surface area (Å²) in [4.78, 5) is 25.6. The highest BCUT2D eigenvalue weighted by Crippen LogP contribution is 2.09. The van der Waals surface area contributed by atoms with E-state index in [2.05, 4.69) is 15.6 Å². The molecule has 0 radical (unpaired) electrons. The number of nitrogens with one attached hydrogen (secondary N) is 2. The Labute approximate surface area is 104 Å². The molecular weight excluding hydrogens is 238 g/mol. The van der Waals surface area contributed by atoms with Crippen molar-refractivity contribution in [2.24, 2.45) is 0 Å². The molecule has 1 aromatic rings. The number of rotatable bonds is 7. The molecule has 7 heteroatoms. The van der Waals surface area contributed by atoms with Gasteiger partial charge in [-0.05, 0) is 12.1 Å². The maximum absolute atomic E-state index is 11.3. The first-order valence-corrected chi connectivity index (χ1v) is 5.44. The minimum absolute atomic E-state index is 0.0215. The fourth-order valence-corrected chi connectivity index (χ4v) is 1.20. The lowest BCUT2D eigenvalue weighted by atomic mass is 10.3. The molecule has 0 aromatic carbocycles. The van der Waals surface area contributed by atoms with Crippen LogP contribution in [0.5, 0.6) is 0 Å². The Bertz CT molecular complexity index is 405. The van der Waals surface area contributed by atoms with Gasteiger partial charge in [-0.2, -0.15) is 0 Å². The highest BCUT2D eigenvalue weighted by Gasteiger charge is 2.06. The number of aliphatic carboxylic acids is 1. The predicted molar refractivity (Wildman–Crippen MR) is 65.3 cm³/mol. The van der Waals surface area contributed by atoms with Gasteiger partial charge in [0.15, 0.2) is 0 Å². The standard InChI is InChI=1S/C11H15N3O4/c15-6-5-12-8-1-2-9(13-7-8)14-10(16)3-4-11(17)18/h1-2,7,12,15H,3-6H2,(H,17,18)(H,13,14,16). The normalized spacial score (nSPS) is 9.83. The summed E-state index contributed by atoms with van der Waals surface area (Å²) in [6.07, 6.45) is 1.23. The molecule has 1 amide bonds. The van der Waals surface area contributed by atoms with E-state index in [1.165, 1.54) is 6.20 Å². The van der Waals surface area contributed by atoms with Gasteiger partial charge in [-0.15, -0.1) is 0 Å². The maximum atomic E-state index is 11.3. The molecule has 0 bridgehead atoms. The molecule has 0 unspecified atom stereocenters. The van der Waals surface area contributed by atoms with E-state index in [4.69, 9.17) is 10.2 Å². The van der Waals surface area contributed by atoms with Gasteiger partial charge in [0.2, 0.25) is 5.91 Å². The van der Waals surface area contributed by atoms with Crippen LogP contribution in [0.3, 0.4) is 0 Å². The van der Waals surface area contributed by atoms with Crippen molar-refractivity contribution in [3.63, 3.8) is 0 Å². The topological polar surface area (TPSA) is 112 Å². The van der Waals surface area contributed by atoms with Crippen LogP contribution < -0.4 is 10.6 Å². The second kappa shape index (κ2) is 7.23. The van der Waals surface area contributed by atoms with Gasteiger partial charge in [-0.25, -0.2) is 4.98 Å². The average molecular weight is 253 g/mol. The third kappa shape index (κ3) is 5.26. The molecular formula is C11H15N3O4. The van der Waals surface area contributed by atoms with Crippen molar-refractivity contribution in [1.82, 2.24) is 4.98 Å². The first kappa shape index (κ1) is 13.9. The Kier molecular flexibility index (Phi) is 5.59. The van der Waals surface area contributed by atoms with Crippen molar-refractivity contribution >= 4 is 23.4 Å². The van der Waals surface area contributed by atoms with E-state index in [9.17, 15) is 9.59 Å². The smallest absolute Gasteiger partial charge is 0.303 e. The van der Waals surface area contributed by atoms with Gasteiger partial charge in [0.05, 0.1) is 24.9 Å². The summed E-state index contributed by atoms with van der Waals surface area (Å²) in [6, 6.07) is 3.30. The highest BCUT2D eigenvalue weighted by molar-refractivity contribution is 5.91. The monoisotopic (exact) mass is 253 g/mol. The fourth-order valence-electron chi connectivity index (χ4n) is 1.20. The van der Waals surface area contributed by atoms with Gasteiger partial charge in [0, 0.05) is 13.0 Å². The van der Waals surface area contributed by atoms with Crippen molar-refractivity contribution < 1.29 is 19.8 Å². The van der Waals surface area contributed by atoms with Crippen molar-refractivity contribution in [3.05, 3.63) is 18.3 Å². The van der Waals surface area contributed by atoms with Crippen molar-refractivity contribution in [2.45, 2.75) is 12.8 Å². The minimum Gasteiger partial charge on any atom is -0.481 e. The van der Waals surface area contributed by atoms with Gasteiger partial charge >= 0.3 is 5.97 Å². The van der Waals surface area contributed by atoms with Gasteiger partial charge in [-0.3, -0.25) is 9.59 Å². The van der Waals surface area contributed by atoms with Crippen molar-refractivity contribution in [2.75, 3.05) is 23.8 Å². The highest BCUT2D eigenvalue weighted by atomic mass is 16.4. The van der Waals surface area contributed by atoms with E-state index in [1.807, 2.05) is 0 Å². The number of anilines is 2. The summed E-state index contributed by atoms with van der Waals surface area (Å²) in [5, 5.41) is 22.4. The second-order valence-corrected chi connectivity index (χ2v) is 3.52. The number of carbonyl (C=O) groups is 2. The molecule has 0 aliphatic rings. The van der Waals surface area contributed by atoms with Crippen LogP contribution in [0.1, 0.15) is 12.8 Å². The molecule has 1 heterocycles. The number of aliphatic hydroxyl groups excluding tert-OH is 1. The van der Waals surface area contributed by atoms with E-state index >= 15 is 0 Å². The minimum atomic E-state index is -1.01. The van der Waals surface area contributed by atoms with Crippen LogP contribution >= 0.6 is 0 Å². The number of carboxylic acid groups (broad SMARTS) is 1. The summed E-state index contributed by atoms with van der Waals surface area (Å²) < 4.78 is 0. The molecule has 0 saturated heterocycles. The van der Waals surface area contributed by atoms with E-state index in [1.54, 1.807) is 12.1 Å². The number of nitrogens with zero attached hydrogens (tertiary/aromatic N) is 1. The van der Waals surface area contributed by atoms with Crippen molar-refractivity contribution in [3.8, 4) is 0 Å². The SMILES string of the molecule is O=C(O)CCC(=O)Nc1ccc(NCCO)cn1. The van der Waals surface area contributed by atoms with Gasteiger partial charge in [-0.1, -0.05) is 0 Å². The molecule has 1 rings (SSSR count). The molecule has 0 aliphatic carbocycles. The molecule has 0 spiro atoms. The Morgan fingerprint density at radius 1 is 1.28 bits per heavy atom. The number of amides is 1. The first-order chi connectivity index (χ1) is 8.61. The molecule has 0 saturated carbocycles. The zero-order valence-electron chi connectivity index (χ0n) is 9.72. The number of aliphatic hydroxyl groups is 1. The van der Waals surface area contributed by atoms with Gasteiger partial charge in [0.1, 0.15) is 5.82 Å². The third-order valence-corrected chi connectivity index (χ3v) is 2.04. The summed E-state index contributed by atoms with van der Waals surface area (Å²) in [5.41, 5.74) is 0.729. The van der Waals surface area contributed by atoms with Crippen LogP contribution in [0.25, 0.3) is 0 Å². The molecule has 0 atom stereocenters. The molecule has 7 nitrogen and oxygen atoms in total. The fraction of sp³-hybridized carbons (Fsp3) is 0.364. The zero-order valence-corrected chi connectivity index (χ0v) is 9.72. The number of pyridine rings is 1. The molecule has 4 N–H and O–H groups in total. The molecule has 0 aliphatic heterocycles. The maximum Gasteiger partial charge on any atom is 0.303 e. The predicted octanol–water partition coefficient (Wildman–Crippen LogP) is 0.289. The number of hydrogen-bond donors (Lipinski definition) is 4. The quantitative estimate of drug-likeness (QED) is 0.555. The molecule has 98 valence electrons. The van der Waals surface area contributed by atoms with Crippen molar-refractivity contribution in [1.29, 1.82) is 0 Å². The average Bonchev–Trinajstić information content (AvgIpc) is 2.35. The summed E-state index contributed by atoms with van der Waals surface area (Å²) >= 11 is 0. The third-order valence-electron chi connectivity index (χ3n) is 2.04. The van der Waals surface area contributed by atoms with Crippen LogP contribution in [-0.4, -0.2) is 40.2 Å². The molecule has 0 fully saturated rings. The Hall–Kier alpha value is -2.15. The number of carboxylic acids is 1. The van der Waals surface area contributed by atoms with E-state index < -0.39 is 5.97 Å². The summed E-state index contributed by atoms with van der Waals surface area (Å²) in [5.74, 6) is -1.04. The molecule has 18 heavy (non-hydrogen) atoms. The molecule has 1 aromatic heterocycles. The first-order valence-electron chi connectivity index (χ1n) is 5.44. The van der Waals surface area contributed by atoms with Crippen LogP contribution in [0.15, 0.2) is 18.3 Å². The second-order valence-electron chi connectivity index (χ2n) is 3.52. The lowest BCUT2D eigenvalue weighted by Gasteiger charge is -2.06. The van der Waals surface area contributed by atoms with Crippen LogP contribution in [0, 0.1) is 0 Å². The van der Waals surface area contributed by atoms with Gasteiger partial charge < -0.3 is 20.8 Å². The van der Waals surface area contributed by atoms with E-state index in [0.717, 1.165) is 5.69 Å². The Morgan fingerprint density at radius 2 is 2.06 bits per heavy atom. The van der Waals surface area contributed by atoms with Crippen LogP contribution in [0.2, 0.25) is 0 Å². The summed E-state index contributed by atoms with van der Waals surface area (Å²) in [7, 11) is 0. The van der Waals surface area contributed by atoms with E-state index in [0.29, 0.717) is 12.4 Å². The zero-order chi connectivity index (χ0) is 13.4. The number of hydrogen-bond acceptors (Lipinski definition) is 5. The van der Waals surface area contributed by atoms with Crippen LogP contribution in [-0.2, 0) is 9.59 Å². The lowest BCUT2D eigenvalue weighted by Crippen LogP contribution is -2.14. The largest absolute Gasteiger partial charge is 0.481 e. The Morgan fingerprint density at radius 3 is 2.61 bits per heavy atom. The van der Waals surface area contributed by atoms with Gasteiger partial charge in [0.25, 0.3) is 0 Å². The lowest BCUT2D eigenvalue weighted by molar-refractivity contribution is -0.138. The van der Waals surface area contributed by atoms with E-state index in [-0.39, 0.29) is 25.4 Å². The number of carbonyl (C=O) groups excluding carboxylic acids is 1. The number of aromatic nitrogens is 1. The van der Waals surface area contributed by atoms with Crippen LogP contribution in [0.4, 0.5) is 11.5 Å².